The van der Waals surface area contributed by atoms with Crippen LogP contribution >= 0.6 is 0 Å². The smallest absolute Gasteiger partial charge is 0.220 e. The number of nitrogens with one attached hydrogen (secondary N) is 1. The predicted octanol–water partition coefficient (Wildman–Crippen LogP) is 14.3. The average Bonchev–Trinajstić information content (AvgIpc) is 0.783. The van der Waals surface area contributed by atoms with Crippen molar-refractivity contribution in [3.05, 3.63) is 97.2 Å². The molecule has 17 unspecified atom stereocenters. The number of allylic oxidation sites excluding steroid dienone is 15. The Labute approximate surface area is 628 Å². The number of aliphatic hydroxyl groups excluding tert-OH is 11. The van der Waals surface area contributed by atoms with E-state index < -0.39 is 124 Å². The highest BCUT2D eigenvalue weighted by Gasteiger charge is 2.54. The van der Waals surface area contributed by atoms with Crippen LogP contribution in [0.2, 0.25) is 0 Å². The van der Waals surface area contributed by atoms with Crippen LogP contribution in [-0.2, 0) is 33.2 Å². The Balaban J connectivity index is 1.34. The highest BCUT2D eigenvalue weighted by molar-refractivity contribution is 5.76. The number of hydrogen-bond acceptors (Lipinski definition) is 18. The Morgan fingerprint density at radius 3 is 1.04 bits per heavy atom. The fraction of sp³-hybridized carbons (Fsp3) is 0.800. The van der Waals surface area contributed by atoms with Crippen molar-refractivity contribution in [1.82, 2.24) is 5.32 Å². The SMILES string of the molecule is CC/C=C\C/C=C\C/C=C\C/C=C\C/C=C\C/C=C\C/C=C\CCCCCCCCCCCCCCCCCC(=O)NC(COC1OC(CO)C(OC2OC(CO)C(OC3OC(CO)C(O)C(O)C3O)C(O)C2O)C(O)C1O)C(O)/C=C/CCCCCCCCCCCCCCCCCCCCCC. The molecule has 12 N–H and O–H groups in total. The van der Waals surface area contributed by atoms with Crippen LogP contribution in [0.4, 0.5) is 0 Å². The topological polar surface area (TPSA) is 307 Å². The summed E-state index contributed by atoms with van der Waals surface area (Å²) in [5.41, 5.74) is 0. The lowest BCUT2D eigenvalue weighted by Gasteiger charge is -2.48. The molecule has 19 nitrogen and oxygen atoms in total. The predicted molar refractivity (Wildman–Crippen MR) is 415 cm³/mol. The molecule has 0 radical (unpaired) electrons. The van der Waals surface area contributed by atoms with E-state index in [4.69, 9.17) is 28.4 Å². The molecule has 0 aliphatic carbocycles. The molecule has 104 heavy (non-hydrogen) atoms. The molecule has 3 aliphatic heterocycles. The zero-order valence-electron chi connectivity index (χ0n) is 64.5. The van der Waals surface area contributed by atoms with E-state index in [1.54, 1.807) is 6.08 Å². The lowest BCUT2D eigenvalue weighted by Crippen LogP contribution is -2.66. The van der Waals surface area contributed by atoms with E-state index in [0.29, 0.717) is 6.42 Å². The Morgan fingerprint density at radius 1 is 0.356 bits per heavy atom. The van der Waals surface area contributed by atoms with Crippen LogP contribution in [0.5, 0.6) is 0 Å². The highest BCUT2D eigenvalue weighted by Crippen LogP contribution is 2.33. The summed E-state index contributed by atoms with van der Waals surface area (Å²) in [6.45, 7) is 1.65. The maximum absolute atomic E-state index is 13.5. The van der Waals surface area contributed by atoms with Gasteiger partial charge in [0.1, 0.15) is 73.2 Å². The van der Waals surface area contributed by atoms with Gasteiger partial charge in [-0.05, 0) is 77.0 Å². The minimum atomic E-state index is -1.98. The first-order valence-electron chi connectivity index (χ1n) is 41.5. The second-order valence-electron chi connectivity index (χ2n) is 29.2. The Bertz CT molecular complexity index is 2260. The molecule has 0 saturated carbocycles. The molecular formula is C85H149NO18. The molecule has 3 saturated heterocycles. The first-order valence-corrected chi connectivity index (χ1v) is 41.5. The van der Waals surface area contributed by atoms with Crippen molar-refractivity contribution in [1.29, 1.82) is 0 Å². The van der Waals surface area contributed by atoms with Crippen LogP contribution in [0.15, 0.2) is 97.2 Å². The van der Waals surface area contributed by atoms with E-state index in [2.05, 4.69) is 104 Å². The number of unbranched alkanes of at least 4 members (excludes halogenated alkanes) is 35. The van der Waals surface area contributed by atoms with Crippen LogP contribution in [0.25, 0.3) is 0 Å². The van der Waals surface area contributed by atoms with E-state index in [0.717, 1.165) is 96.3 Å². The summed E-state index contributed by atoms with van der Waals surface area (Å²) in [6, 6.07) is -0.979. The van der Waals surface area contributed by atoms with Crippen molar-refractivity contribution in [2.75, 3.05) is 26.4 Å². The molecule has 0 bridgehead atoms. The largest absolute Gasteiger partial charge is 0.394 e. The molecule has 0 aromatic heterocycles. The lowest BCUT2D eigenvalue weighted by molar-refractivity contribution is -0.379. The van der Waals surface area contributed by atoms with Crippen molar-refractivity contribution >= 4 is 5.91 Å². The second kappa shape index (κ2) is 64.5. The summed E-state index contributed by atoms with van der Waals surface area (Å²) >= 11 is 0. The van der Waals surface area contributed by atoms with Gasteiger partial charge in [0, 0.05) is 6.42 Å². The Hall–Kier alpha value is -3.29. The normalized spacial score (nSPS) is 26.4. The number of amides is 1. The standard InChI is InChI=1S/C85H149NO18/c1-3-5-7-9-11-13-15-17-19-21-23-25-27-28-29-30-31-32-33-34-35-36-37-38-39-40-41-43-45-47-49-51-53-55-57-59-61-63-73(91)86-68(69(90)62-60-58-56-54-52-50-48-46-44-42-26-24-22-20-18-16-14-12-10-8-6-4-2)67-99-83-79(97)76(94)81(71(65-88)101-83)104-85-80(98)77(95)82(72(66-89)102-85)103-84-78(96)75(93)74(92)70(64-87)100-84/h5,7,11,13,17,19,23,25,28-29,31-32,34-35,60,62,68-72,74-85,87-90,92-98H,3-4,6,8-10,12,14-16,18,20-22,24,26-27,30,33,36-59,61,63-67H2,1-2H3,(H,86,91)/b7-5-,13-11-,19-17-,25-23-,29-28-,32-31-,35-34-,62-60+. The first kappa shape index (κ1) is 94.9. The minimum absolute atomic E-state index is 0.240. The van der Waals surface area contributed by atoms with Gasteiger partial charge in [-0.1, -0.05) is 317 Å². The maximum Gasteiger partial charge on any atom is 0.220 e. The van der Waals surface area contributed by atoms with Gasteiger partial charge in [-0.3, -0.25) is 4.79 Å². The molecule has 3 aliphatic rings. The molecule has 0 spiro atoms. The summed E-state index contributed by atoms with van der Waals surface area (Å²) in [4.78, 5) is 13.5. The molecule has 17 atom stereocenters. The van der Waals surface area contributed by atoms with E-state index in [1.165, 1.54) is 180 Å². The van der Waals surface area contributed by atoms with Crippen LogP contribution in [0.1, 0.15) is 303 Å². The van der Waals surface area contributed by atoms with Crippen molar-refractivity contribution in [2.24, 2.45) is 0 Å². The number of aliphatic hydroxyl groups is 11. The van der Waals surface area contributed by atoms with Gasteiger partial charge >= 0.3 is 0 Å². The van der Waals surface area contributed by atoms with Gasteiger partial charge < -0.3 is 89.9 Å². The van der Waals surface area contributed by atoms with Gasteiger partial charge in [0.05, 0.1) is 38.6 Å². The van der Waals surface area contributed by atoms with Crippen LogP contribution in [0, 0.1) is 0 Å². The number of ether oxygens (including phenoxy) is 6. The summed E-state index contributed by atoms with van der Waals surface area (Å²) in [6.07, 6.45) is 61.0. The molecule has 1 amide bonds. The monoisotopic (exact) mass is 1470 g/mol. The van der Waals surface area contributed by atoms with Gasteiger partial charge in [-0.25, -0.2) is 0 Å². The van der Waals surface area contributed by atoms with Crippen molar-refractivity contribution in [3.63, 3.8) is 0 Å². The molecule has 3 rings (SSSR count). The molecule has 19 heteroatoms. The van der Waals surface area contributed by atoms with E-state index in [9.17, 15) is 61.0 Å². The van der Waals surface area contributed by atoms with Gasteiger partial charge in [-0.15, -0.1) is 0 Å². The summed E-state index contributed by atoms with van der Waals surface area (Å²) in [5.74, 6) is -0.275. The van der Waals surface area contributed by atoms with E-state index in [1.807, 2.05) is 6.08 Å². The minimum Gasteiger partial charge on any atom is -0.394 e. The first-order chi connectivity index (χ1) is 50.8. The third-order valence-electron chi connectivity index (χ3n) is 20.1. The zero-order chi connectivity index (χ0) is 75.3. The van der Waals surface area contributed by atoms with Crippen LogP contribution in [0.3, 0.4) is 0 Å². The molecule has 3 fully saturated rings. The number of carbonyl (C=O) groups excluding carboxylic acids is 1. The number of carbonyl (C=O) groups is 1. The van der Waals surface area contributed by atoms with Gasteiger partial charge in [0.2, 0.25) is 5.91 Å². The van der Waals surface area contributed by atoms with Crippen molar-refractivity contribution in [2.45, 2.75) is 407 Å². The number of rotatable bonds is 65. The van der Waals surface area contributed by atoms with Crippen molar-refractivity contribution in [3.8, 4) is 0 Å². The molecule has 0 aromatic carbocycles. The van der Waals surface area contributed by atoms with Gasteiger partial charge in [-0.2, -0.15) is 0 Å². The highest BCUT2D eigenvalue weighted by atomic mass is 16.8. The van der Waals surface area contributed by atoms with Crippen LogP contribution in [-0.4, -0.2) is 193 Å². The van der Waals surface area contributed by atoms with Gasteiger partial charge in [0.25, 0.3) is 0 Å². The van der Waals surface area contributed by atoms with E-state index in [-0.39, 0.29) is 18.9 Å². The molecular weight excluding hydrogens is 1320 g/mol. The molecule has 602 valence electrons. The lowest BCUT2D eigenvalue weighted by atomic mass is 9.96. The average molecular weight is 1470 g/mol. The van der Waals surface area contributed by atoms with E-state index >= 15 is 0 Å². The fourth-order valence-electron chi connectivity index (χ4n) is 13.5. The zero-order valence-corrected chi connectivity index (χ0v) is 64.5. The summed E-state index contributed by atoms with van der Waals surface area (Å²) < 4.78 is 34.5. The summed E-state index contributed by atoms with van der Waals surface area (Å²) in [7, 11) is 0. The Kier molecular flexibility index (Phi) is 58.9. The molecule has 3 heterocycles. The maximum atomic E-state index is 13.5. The van der Waals surface area contributed by atoms with Gasteiger partial charge in [0.15, 0.2) is 18.9 Å². The van der Waals surface area contributed by atoms with Crippen molar-refractivity contribution < 1.29 is 89.4 Å². The third kappa shape index (κ3) is 43.8. The summed E-state index contributed by atoms with van der Waals surface area (Å²) in [5, 5.41) is 121. The number of hydrogen-bond donors (Lipinski definition) is 12. The fourth-order valence-corrected chi connectivity index (χ4v) is 13.5. The quantitative estimate of drug-likeness (QED) is 0.0199. The Morgan fingerprint density at radius 2 is 0.663 bits per heavy atom. The molecule has 0 aromatic rings. The van der Waals surface area contributed by atoms with Crippen LogP contribution < -0.4 is 5.32 Å². The third-order valence-corrected chi connectivity index (χ3v) is 20.1. The second-order valence-corrected chi connectivity index (χ2v) is 29.2.